The van der Waals surface area contributed by atoms with Crippen LogP contribution in [0.1, 0.15) is 30.3 Å². The predicted molar refractivity (Wildman–Crippen MR) is 64.4 cm³/mol. The first-order valence-electron chi connectivity index (χ1n) is 5.33. The third-order valence-corrected chi connectivity index (χ3v) is 3.20. The van der Waals surface area contributed by atoms with Gasteiger partial charge in [0, 0.05) is 17.3 Å². The molecular weight excluding hydrogens is 272 g/mol. The molecule has 1 unspecified atom stereocenters. The number of amides is 1. The Labute approximate surface area is 103 Å². The second-order valence-electron chi connectivity index (χ2n) is 4.40. The van der Waals surface area contributed by atoms with Crippen LogP contribution >= 0.6 is 15.9 Å². The maximum atomic E-state index is 11.9. The van der Waals surface area contributed by atoms with Gasteiger partial charge in [-0.2, -0.15) is 0 Å². The molecule has 1 fully saturated rings. The van der Waals surface area contributed by atoms with Crippen LogP contribution in [0.3, 0.4) is 0 Å². The Morgan fingerprint density at radius 2 is 2.50 bits per heavy atom. The monoisotopic (exact) mass is 286 g/mol. The van der Waals surface area contributed by atoms with Crippen molar-refractivity contribution in [3.63, 3.8) is 0 Å². The summed E-state index contributed by atoms with van der Waals surface area (Å²) in [4.78, 5) is 14.8. The summed E-state index contributed by atoms with van der Waals surface area (Å²) < 4.78 is 6.27. The molecule has 1 saturated heterocycles. The number of carbonyl (C=O) groups excluding carboxylic acids is 1. The predicted octanol–water partition coefficient (Wildman–Crippen LogP) is 2.08. The minimum absolute atomic E-state index is 0.0845. The molecule has 0 radical (unpaired) electrons. The van der Waals surface area contributed by atoms with Crippen molar-refractivity contribution in [2.75, 3.05) is 13.2 Å². The van der Waals surface area contributed by atoms with E-state index in [-0.39, 0.29) is 11.4 Å². The van der Waals surface area contributed by atoms with Gasteiger partial charge in [-0.25, -0.2) is 0 Å². The van der Waals surface area contributed by atoms with Crippen molar-refractivity contribution in [3.8, 4) is 0 Å². The molecule has 5 heteroatoms. The molecule has 0 spiro atoms. The highest BCUT2D eigenvalue weighted by atomic mass is 79.9. The number of H-pyrrole nitrogens is 1. The van der Waals surface area contributed by atoms with Crippen molar-refractivity contribution >= 4 is 21.8 Å². The minimum atomic E-state index is -0.243. The van der Waals surface area contributed by atoms with Crippen molar-refractivity contribution in [3.05, 3.63) is 22.4 Å². The molecule has 1 atom stereocenters. The zero-order chi connectivity index (χ0) is 11.6. The number of nitrogens with one attached hydrogen (secondary N) is 2. The van der Waals surface area contributed by atoms with Crippen molar-refractivity contribution in [1.82, 2.24) is 10.3 Å². The van der Waals surface area contributed by atoms with Gasteiger partial charge >= 0.3 is 0 Å². The number of halogens is 1. The maximum absolute atomic E-state index is 11.9. The zero-order valence-electron chi connectivity index (χ0n) is 9.18. The Morgan fingerprint density at radius 3 is 3.06 bits per heavy atom. The summed E-state index contributed by atoms with van der Waals surface area (Å²) in [5.74, 6) is -0.0845. The second kappa shape index (κ2) is 4.59. The van der Waals surface area contributed by atoms with Gasteiger partial charge in [0.2, 0.25) is 0 Å². The molecular formula is C11H15BrN2O2. The lowest BCUT2D eigenvalue weighted by molar-refractivity contribution is 0.0271. The van der Waals surface area contributed by atoms with Crippen LogP contribution < -0.4 is 5.32 Å². The van der Waals surface area contributed by atoms with Crippen LogP contribution in [0.2, 0.25) is 0 Å². The van der Waals surface area contributed by atoms with E-state index in [0.29, 0.717) is 12.3 Å². The SMILES string of the molecule is CC1(NC(=O)c2cc(Br)c[nH]2)CCCOC1. The first kappa shape index (κ1) is 11.7. The van der Waals surface area contributed by atoms with Crippen LogP contribution in [0.5, 0.6) is 0 Å². The van der Waals surface area contributed by atoms with E-state index in [1.54, 1.807) is 12.3 Å². The molecule has 4 nitrogen and oxygen atoms in total. The summed E-state index contributed by atoms with van der Waals surface area (Å²) in [7, 11) is 0. The molecule has 1 aromatic heterocycles. The Balaban J connectivity index is 2.01. The van der Waals surface area contributed by atoms with Gasteiger partial charge in [-0.3, -0.25) is 4.79 Å². The first-order valence-corrected chi connectivity index (χ1v) is 6.13. The molecule has 16 heavy (non-hydrogen) atoms. The van der Waals surface area contributed by atoms with E-state index in [2.05, 4.69) is 26.2 Å². The first-order chi connectivity index (χ1) is 7.59. The number of carbonyl (C=O) groups is 1. The molecule has 0 bridgehead atoms. The molecule has 88 valence electrons. The van der Waals surface area contributed by atoms with E-state index < -0.39 is 0 Å². The zero-order valence-corrected chi connectivity index (χ0v) is 10.8. The van der Waals surface area contributed by atoms with Gasteiger partial charge in [0.1, 0.15) is 5.69 Å². The van der Waals surface area contributed by atoms with E-state index in [1.165, 1.54) is 0 Å². The van der Waals surface area contributed by atoms with Gasteiger partial charge in [0.25, 0.3) is 5.91 Å². The Bertz CT molecular complexity index is 383. The number of aromatic nitrogens is 1. The fraction of sp³-hybridized carbons (Fsp3) is 0.545. The molecule has 1 aliphatic heterocycles. The van der Waals surface area contributed by atoms with Crippen LogP contribution in [-0.4, -0.2) is 29.6 Å². The number of hydrogen-bond donors (Lipinski definition) is 2. The third-order valence-electron chi connectivity index (χ3n) is 2.75. The summed E-state index contributed by atoms with van der Waals surface area (Å²) in [6.45, 7) is 3.39. The molecule has 1 aliphatic rings. The highest BCUT2D eigenvalue weighted by Crippen LogP contribution is 2.19. The van der Waals surface area contributed by atoms with Crippen LogP contribution in [0.4, 0.5) is 0 Å². The highest BCUT2D eigenvalue weighted by Gasteiger charge is 2.29. The van der Waals surface area contributed by atoms with Gasteiger partial charge < -0.3 is 15.0 Å². The molecule has 0 aliphatic carbocycles. The second-order valence-corrected chi connectivity index (χ2v) is 5.32. The minimum Gasteiger partial charge on any atom is -0.379 e. The van der Waals surface area contributed by atoms with Crippen molar-refractivity contribution < 1.29 is 9.53 Å². The standard InChI is InChI=1S/C11H15BrN2O2/c1-11(3-2-4-16-7-11)14-10(15)9-5-8(12)6-13-9/h5-6,13H,2-4,7H2,1H3,(H,14,15). The molecule has 2 heterocycles. The van der Waals surface area contributed by atoms with Crippen LogP contribution in [0, 0.1) is 0 Å². The quantitative estimate of drug-likeness (QED) is 0.875. The number of ether oxygens (including phenoxy) is 1. The van der Waals surface area contributed by atoms with Crippen molar-refractivity contribution in [2.24, 2.45) is 0 Å². The number of rotatable bonds is 2. The average Bonchev–Trinajstić information content (AvgIpc) is 2.65. The number of hydrogen-bond acceptors (Lipinski definition) is 2. The van der Waals surface area contributed by atoms with Gasteiger partial charge in [0.05, 0.1) is 12.1 Å². The molecule has 1 amide bonds. The van der Waals surface area contributed by atoms with Gasteiger partial charge in [-0.1, -0.05) is 0 Å². The maximum Gasteiger partial charge on any atom is 0.268 e. The summed E-state index contributed by atoms with van der Waals surface area (Å²) in [6.07, 6.45) is 3.69. The molecule has 2 N–H and O–H groups in total. The van der Waals surface area contributed by atoms with Gasteiger partial charge in [0.15, 0.2) is 0 Å². The number of aromatic amines is 1. The fourth-order valence-corrected chi connectivity index (χ4v) is 2.22. The largest absolute Gasteiger partial charge is 0.379 e. The third kappa shape index (κ3) is 2.65. The normalized spacial score (nSPS) is 25.4. The lowest BCUT2D eigenvalue weighted by Gasteiger charge is -2.34. The van der Waals surface area contributed by atoms with E-state index in [9.17, 15) is 4.79 Å². The van der Waals surface area contributed by atoms with Crippen LogP contribution in [0.15, 0.2) is 16.7 Å². The lowest BCUT2D eigenvalue weighted by Crippen LogP contribution is -2.51. The Hall–Kier alpha value is -0.810. The topological polar surface area (TPSA) is 54.1 Å². The Kier molecular flexibility index (Phi) is 3.35. The smallest absolute Gasteiger partial charge is 0.268 e. The molecule has 0 saturated carbocycles. The molecule has 0 aromatic carbocycles. The van der Waals surface area contributed by atoms with Crippen LogP contribution in [0.25, 0.3) is 0 Å². The Morgan fingerprint density at radius 1 is 1.69 bits per heavy atom. The molecule has 1 aromatic rings. The summed E-state index contributed by atoms with van der Waals surface area (Å²) in [5, 5.41) is 3.01. The van der Waals surface area contributed by atoms with E-state index in [4.69, 9.17) is 4.74 Å². The fourth-order valence-electron chi connectivity index (χ4n) is 1.87. The van der Waals surface area contributed by atoms with Crippen molar-refractivity contribution in [2.45, 2.75) is 25.3 Å². The van der Waals surface area contributed by atoms with Crippen molar-refractivity contribution in [1.29, 1.82) is 0 Å². The van der Waals surface area contributed by atoms with Crippen LogP contribution in [-0.2, 0) is 4.74 Å². The summed E-state index contributed by atoms with van der Waals surface area (Å²) in [6, 6.07) is 1.77. The summed E-state index contributed by atoms with van der Waals surface area (Å²) in [5.41, 5.74) is 0.325. The summed E-state index contributed by atoms with van der Waals surface area (Å²) >= 11 is 3.30. The van der Waals surface area contributed by atoms with E-state index in [0.717, 1.165) is 23.9 Å². The van der Waals surface area contributed by atoms with E-state index >= 15 is 0 Å². The van der Waals surface area contributed by atoms with E-state index in [1.807, 2.05) is 6.92 Å². The lowest BCUT2D eigenvalue weighted by atomic mass is 9.95. The average molecular weight is 287 g/mol. The molecule has 2 rings (SSSR count). The highest BCUT2D eigenvalue weighted by molar-refractivity contribution is 9.10. The van der Waals surface area contributed by atoms with Gasteiger partial charge in [-0.05, 0) is 41.8 Å². The van der Waals surface area contributed by atoms with Gasteiger partial charge in [-0.15, -0.1) is 0 Å².